The lowest BCUT2D eigenvalue weighted by Crippen LogP contribution is -2.52. The molecule has 6 rings (SSSR count). The third kappa shape index (κ3) is 3.51. The number of benzene rings is 1. The highest BCUT2D eigenvalue weighted by atomic mass is 16.6. The molecule has 28 heavy (non-hydrogen) atoms. The van der Waals surface area contributed by atoms with Crippen LogP contribution in [0, 0.1) is 5.92 Å². The molecule has 2 atom stereocenters. The second-order valence-corrected chi connectivity index (χ2v) is 8.32. The van der Waals surface area contributed by atoms with Crippen LogP contribution in [0.5, 0.6) is 0 Å². The third-order valence-corrected chi connectivity index (χ3v) is 6.62. The number of nitrogens with zero attached hydrogens (tertiary/aromatic N) is 2. The number of rotatable bonds is 3. The van der Waals surface area contributed by atoms with E-state index in [0.29, 0.717) is 5.92 Å². The summed E-state index contributed by atoms with van der Waals surface area (Å²) in [5.41, 5.74) is 4.88. The van der Waals surface area contributed by atoms with E-state index in [9.17, 15) is 4.79 Å². The molecule has 2 bridgehead atoms. The summed E-state index contributed by atoms with van der Waals surface area (Å²) in [6.45, 7) is 3.20. The summed E-state index contributed by atoms with van der Waals surface area (Å²) >= 11 is 0. The molecule has 1 amide bonds. The number of amides is 1. The first-order chi connectivity index (χ1) is 13.8. The van der Waals surface area contributed by atoms with Gasteiger partial charge in [-0.2, -0.15) is 0 Å². The average molecular weight is 377 g/mol. The fourth-order valence-electron chi connectivity index (χ4n) is 5.03. The standard InChI is InChI=1S/C23H27N3O2/c27-23(28-22-15-26-12-8-18(22)9-13-26)25-21-3-1-2-17-4-5-19(14-20(17)21)16-6-10-24-11-7-16/h4-7,10-11,14,18,21-22H,1-3,8-9,12-13,15H2,(H,25,27)/t21?,22-/m1/s1. The molecule has 1 unspecified atom stereocenters. The van der Waals surface area contributed by atoms with Crippen LogP contribution >= 0.6 is 0 Å². The van der Waals surface area contributed by atoms with Gasteiger partial charge in [-0.15, -0.1) is 0 Å². The summed E-state index contributed by atoms with van der Waals surface area (Å²) in [7, 11) is 0. The second kappa shape index (κ2) is 7.55. The molecule has 1 aromatic heterocycles. The normalized spacial score (nSPS) is 28.4. The van der Waals surface area contributed by atoms with E-state index in [2.05, 4.69) is 33.4 Å². The van der Waals surface area contributed by atoms with Crippen LogP contribution in [0.15, 0.2) is 42.7 Å². The third-order valence-electron chi connectivity index (χ3n) is 6.62. The lowest BCUT2D eigenvalue weighted by atomic mass is 9.85. The molecule has 0 saturated carbocycles. The van der Waals surface area contributed by atoms with Gasteiger partial charge in [-0.1, -0.05) is 12.1 Å². The Morgan fingerprint density at radius 2 is 1.89 bits per heavy atom. The van der Waals surface area contributed by atoms with E-state index < -0.39 is 0 Å². The first kappa shape index (κ1) is 17.7. The van der Waals surface area contributed by atoms with Gasteiger partial charge >= 0.3 is 6.09 Å². The maximum absolute atomic E-state index is 12.7. The van der Waals surface area contributed by atoms with Crippen LogP contribution in [0.25, 0.3) is 11.1 Å². The van der Waals surface area contributed by atoms with Crippen LogP contribution in [-0.4, -0.2) is 41.7 Å². The number of pyridine rings is 1. The van der Waals surface area contributed by atoms with E-state index in [0.717, 1.165) is 57.3 Å². The fraction of sp³-hybridized carbons (Fsp3) is 0.478. The number of nitrogens with one attached hydrogen (secondary N) is 1. The summed E-state index contributed by atoms with van der Waals surface area (Å²) in [5, 5.41) is 3.17. The minimum atomic E-state index is -0.258. The Balaban J connectivity index is 1.31. The van der Waals surface area contributed by atoms with E-state index in [4.69, 9.17) is 4.74 Å². The van der Waals surface area contributed by atoms with Crippen LogP contribution in [0.1, 0.15) is 42.9 Å². The monoisotopic (exact) mass is 377 g/mol. The molecule has 0 radical (unpaired) electrons. The lowest BCUT2D eigenvalue weighted by molar-refractivity contribution is -0.0340. The molecule has 1 N–H and O–H groups in total. The van der Waals surface area contributed by atoms with Gasteiger partial charge in [0.15, 0.2) is 0 Å². The Hall–Kier alpha value is -2.40. The number of ether oxygens (including phenoxy) is 1. The molecule has 2 aromatic rings. The van der Waals surface area contributed by atoms with Crippen molar-refractivity contribution in [2.24, 2.45) is 5.92 Å². The summed E-state index contributed by atoms with van der Waals surface area (Å²) in [6.07, 6.45) is 8.84. The topological polar surface area (TPSA) is 54.5 Å². The predicted molar refractivity (Wildman–Crippen MR) is 108 cm³/mol. The largest absolute Gasteiger partial charge is 0.445 e. The zero-order chi connectivity index (χ0) is 18.9. The van der Waals surface area contributed by atoms with Gasteiger partial charge in [-0.05, 0) is 91.6 Å². The van der Waals surface area contributed by atoms with Crippen molar-refractivity contribution in [2.75, 3.05) is 19.6 Å². The summed E-state index contributed by atoms with van der Waals surface area (Å²) in [6, 6.07) is 10.7. The Bertz CT molecular complexity index is 846. The maximum Gasteiger partial charge on any atom is 0.407 e. The molecule has 3 fully saturated rings. The van der Waals surface area contributed by atoms with Gasteiger partial charge in [0.2, 0.25) is 0 Å². The van der Waals surface area contributed by atoms with Gasteiger partial charge in [0.1, 0.15) is 6.10 Å². The molecular formula is C23H27N3O2. The number of aromatic nitrogens is 1. The molecule has 5 nitrogen and oxygen atoms in total. The summed E-state index contributed by atoms with van der Waals surface area (Å²) in [4.78, 5) is 19.2. The molecule has 0 spiro atoms. The number of fused-ring (bicyclic) bond motifs is 4. The van der Waals surface area contributed by atoms with Crippen molar-refractivity contribution in [1.29, 1.82) is 0 Å². The van der Waals surface area contributed by atoms with Crippen LogP contribution in [-0.2, 0) is 11.2 Å². The van der Waals surface area contributed by atoms with Gasteiger partial charge in [0, 0.05) is 18.9 Å². The highest BCUT2D eigenvalue weighted by molar-refractivity contribution is 5.69. The minimum Gasteiger partial charge on any atom is -0.445 e. The fourth-order valence-corrected chi connectivity index (χ4v) is 5.03. The van der Waals surface area contributed by atoms with Gasteiger partial charge in [0.25, 0.3) is 0 Å². The number of carbonyl (C=O) groups excluding carboxylic acids is 1. The van der Waals surface area contributed by atoms with Crippen molar-refractivity contribution in [3.8, 4) is 11.1 Å². The number of hydrogen-bond donors (Lipinski definition) is 1. The molecule has 146 valence electrons. The van der Waals surface area contributed by atoms with Crippen molar-refractivity contribution in [3.05, 3.63) is 53.9 Å². The first-order valence-electron chi connectivity index (χ1n) is 10.5. The van der Waals surface area contributed by atoms with Crippen molar-refractivity contribution in [2.45, 2.75) is 44.2 Å². The highest BCUT2D eigenvalue weighted by Gasteiger charge is 2.37. The van der Waals surface area contributed by atoms with Gasteiger partial charge in [-0.25, -0.2) is 4.79 Å². The van der Waals surface area contributed by atoms with Gasteiger partial charge < -0.3 is 10.1 Å². The van der Waals surface area contributed by atoms with Crippen LogP contribution in [0.2, 0.25) is 0 Å². The van der Waals surface area contributed by atoms with Crippen molar-refractivity contribution >= 4 is 6.09 Å². The quantitative estimate of drug-likeness (QED) is 0.880. The molecule has 1 aliphatic carbocycles. The number of hydrogen-bond acceptors (Lipinski definition) is 4. The predicted octanol–water partition coefficient (Wildman–Crippen LogP) is 3.95. The van der Waals surface area contributed by atoms with Gasteiger partial charge in [-0.3, -0.25) is 9.88 Å². The lowest BCUT2D eigenvalue weighted by Gasteiger charge is -2.44. The maximum atomic E-state index is 12.7. The number of piperidine rings is 3. The smallest absolute Gasteiger partial charge is 0.407 e. The van der Waals surface area contributed by atoms with Gasteiger partial charge in [0.05, 0.1) is 6.04 Å². The minimum absolute atomic E-state index is 0.0270. The zero-order valence-electron chi connectivity index (χ0n) is 16.1. The molecule has 4 heterocycles. The number of aryl methyl sites for hydroxylation is 1. The van der Waals surface area contributed by atoms with Crippen LogP contribution < -0.4 is 5.32 Å². The van der Waals surface area contributed by atoms with Crippen LogP contribution in [0.3, 0.4) is 0 Å². The second-order valence-electron chi connectivity index (χ2n) is 8.32. The molecular weight excluding hydrogens is 350 g/mol. The SMILES string of the molecule is O=C(NC1CCCc2ccc(-c3ccncc3)cc21)O[C@@H]1CN2CCC1CC2. The van der Waals surface area contributed by atoms with E-state index in [1.165, 1.54) is 16.7 Å². The summed E-state index contributed by atoms with van der Waals surface area (Å²) in [5.74, 6) is 0.535. The average Bonchev–Trinajstić information content (AvgIpc) is 2.75. The highest BCUT2D eigenvalue weighted by Crippen LogP contribution is 2.34. The molecule has 4 aliphatic rings. The zero-order valence-corrected chi connectivity index (χ0v) is 16.1. The van der Waals surface area contributed by atoms with Crippen LogP contribution in [0.4, 0.5) is 4.79 Å². The Morgan fingerprint density at radius 3 is 2.64 bits per heavy atom. The number of alkyl carbamates (subject to hydrolysis) is 1. The molecule has 5 heteroatoms. The number of carbonyl (C=O) groups is 1. The van der Waals surface area contributed by atoms with E-state index in [1.54, 1.807) is 0 Å². The van der Waals surface area contributed by atoms with Crippen molar-refractivity contribution < 1.29 is 9.53 Å². The Kier molecular flexibility index (Phi) is 4.77. The Morgan fingerprint density at radius 1 is 1.07 bits per heavy atom. The van der Waals surface area contributed by atoms with E-state index in [1.807, 2.05) is 24.5 Å². The molecule has 3 saturated heterocycles. The molecule has 3 aliphatic heterocycles. The molecule has 1 aromatic carbocycles. The first-order valence-corrected chi connectivity index (χ1v) is 10.5. The van der Waals surface area contributed by atoms with Crippen molar-refractivity contribution in [3.63, 3.8) is 0 Å². The van der Waals surface area contributed by atoms with E-state index >= 15 is 0 Å². The Labute approximate surface area is 166 Å². The van der Waals surface area contributed by atoms with Crippen molar-refractivity contribution in [1.82, 2.24) is 15.2 Å². The van der Waals surface area contributed by atoms with E-state index in [-0.39, 0.29) is 18.2 Å². The summed E-state index contributed by atoms with van der Waals surface area (Å²) < 4.78 is 5.86.